The predicted molar refractivity (Wildman–Crippen MR) is 86.6 cm³/mol. The molecule has 0 bridgehead atoms. The number of nitrogens with zero attached hydrogens (tertiary/aromatic N) is 1. The minimum Gasteiger partial charge on any atom is -0.435 e. The molecule has 1 fully saturated rings. The van der Waals surface area contributed by atoms with Crippen molar-refractivity contribution < 1.29 is 23.4 Å². The molecule has 1 aromatic heterocycles. The molecule has 1 aliphatic rings. The van der Waals surface area contributed by atoms with Gasteiger partial charge in [-0.25, -0.2) is 0 Å². The third kappa shape index (κ3) is 3.91. The molecule has 0 radical (unpaired) electrons. The van der Waals surface area contributed by atoms with E-state index in [4.69, 9.17) is 4.74 Å². The number of aryl methyl sites for hydroxylation is 1. The summed E-state index contributed by atoms with van der Waals surface area (Å²) in [7, 11) is 0. The summed E-state index contributed by atoms with van der Waals surface area (Å²) in [5, 5.41) is 14.5. The average molecular weight is 338 g/mol. The van der Waals surface area contributed by atoms with Crippen molar-refractivity contribution in [2.45, 2.75) is 32.0 Å². The van der Waals surface area contributed by atoms with Crippen molar-refractivity contribution in [1.82, 2.24) is 4.98 Å². The summed E-state index contributed by atoms with van der Waals surface area (Å²) in [6.07, 6.45) is 1.11. The zero-order valence-corrected chi connectivity index (χ0v) is 13.4. The van der Waals surface area contributed by atoms with Crippen molar-refractivity contribution in [1.29, 1.82) is 0 Å². The van der Waals surface area contributed by atoms with E-state index in [9.17, 15) is 13.9 Å². The number of anilines is 1. The van der Waals surface area contributed by atoms with Gasteiger partial charge in [0, 0.05) is 49.4 Å². The molecule has 0 saturated carbocycles. The molecular weight excluding hydrogens is 318 g/mol. The molecule has 0 aliphatic carbocycles. The van der Waals surface area contributed by atoms with E-state index in [2.05, 4.69) is 15.0 Å². The quantitative estimate of drug-likeness (QED) is 0.877. The molecule has 7 heteroatoms. The minimum atomic E-state index is -2.87. The van der Waals surface area contributed by atoms with E-state index in [1.54, 1.807) is 6.07 Å². The van der Waals surface area contributed by atoms with Crippen molar-refractivity contribution in [3.8, 4) is 5.75 Å². The second-order valence-corrected chi connectivity index (χ2v) is 6.06. The molecule has 2 N–H and O–H groups in total. The molecule has 1 aliphatic heterocycles. The number of halogens is 2. The number of benzene rings is 1. The zero-order chi connectivity index (χ0) is 17.2. The largest absolute Gasteiger partial charge is 0.435 e. The molecule has 0 spiro atoms. The molecule has 24 heavy (non-hydrogen) atoms. The van der Waals surface area contributed by atoms with Gasteiger partial charge in [-0.05, 0) is 31.2 Å². The van der Waals surface area contributed by atoms with Gasteiger partial charge in [0.05, 0.1) is 11.1 Å². The Morgan fingerprint density at radius 1 is 1.33 bits per heavy atom. The summed E-state index contributed by atoms with van der Waals surface area (Å²) < 4.78 is 34.6. The summed E-state index contributed by atoms with van der Waals surface area (Å²) in [6.45, 7) is 0.397. The van der Waals surface area contributed by atoms with Crippen LogP contribution in [-0.4, -0.2) is 42.1 Å². The van der Waals surface area contributed by atoms with E-state index in [0.29, 0.717) is 43.5 Å². The molecule has 1 aromatic carbocycles. The van der Waals surface area contributed by atoms with Gasteiger partial charge >= 0.3 is 6.61 Å². The average Bonchev–Trinajstić information content (AvgIpc) is 2.53. The van der Waals surface area contributed by atoms with Crippen molar-refractivity contribution >= 4 is 16.6 Å². The summed E-state index contributed by atoms with van der Waals surface area (Å²) in [5.41, 5.74) is 1.38. The lowest BCUT2D eigenvalue weighted by Crippen LogP contribution is -2.42. The molecular formula is C17H20F2N2O3. The van der Waals surface area contributed by atoms with E-state index < -0.39 is 12.2 Å². The first-order valence-corrected chi connectivity index (χ1v) is 7.85. The van der Waals surface area contributed by atoms with E-state index in [1.807, 2.05) is 13.0 Å². The van der Waals surface area contributed by atoms with Crippen LogP contribution in [0.25, 0.3) is 10.9 Å². The van der Waals surface area contributed by atoms with Crippen LogP contribution in [0.5, 0.6) is 5.75 Å². The van der Waals surface area contributed by atoms with Gasteiger partial charge in [0.2, 0.25) is 0 Å². The standard InChI is InChI=1S/C17H20F2N2O3/c1-11-8-15(20-10-17(22)4-6-23-7-5-17)13-9-12(24-16(18)19)2-3-14(13)21-11/h2-3,8-9,16,22H,4-7,10H2,1H3,(H,20,21). The van der Waals surface area contributed by atoms with Gasteiger partial charge in [0.25, 0.3) is 0 Å². The van der Waals surface area contributed by atoms with Crippen LogP contribution in [0.1, 0.15) is 18.5 Å². The molecule has 0 unspecified atom stereocenters. The van der Waals surface area contributed by atoms with Crippen LogP contribution in [0.15, 0.2) is 24.3 Å². The number of nitrogens with one attached hydrogen (secondary N) is 1. The summed E-state index contributed by atoms with van der Waals surface area (Å²) in [6, 6.07) is 6.48. The lowest BCUT2D eigenvalue weighted by molar-refractivity contribution is -0.0543. The number of aromatic nitrogens is 1. The highest BCUT2D eigenvalue weighted by molar-refractivity contribution is 5.92. The fourth-order valence-corrected chi connectivity index (χ4v) is 2.85. The van der Waals surface area contributed by atoms with E-state index in [0.717, 1.165) is 11.4 Å². The fraction of sp³-hybridized carbons (Fsp3) is 0.471. The van der Waals surface area contributed by atoms with Crippen LogP contribution in [0.2, 0.25) is 0 Å². The van der Waals surface area contributed by atoms with Crippen LogP contribution in [0, 0.1) is 6.92 Å². The maximum atomic E-state index is 12.4. The summed E-state index contributed by atoms with van der Waals surface area (Å²) in [4.78, 5) is 4.40. The Balaban J connectivity index is 1.87. The Labute approximate surface area is 138 Å². The number of hydrogen-bond acceptors (Lipinski definition) is 5. The van der Waals surface area contributed by atoms with E-state index in [-0.39, 0.29) is 5.75 Å². The van der Waals surface area contributed by atoms with Crippen LogP contribution >= 0.6 is 0 Å². The lowest BCUT2D eigenvalue weighted by Gasteiger charge is -2.32. The molecule has 5 nitrogen and oxygen atoms in total. The Hall–Kier alpha value is -1.99. The highest BCUT2D eigenvalue weighted by atomic mass is 19.3. The number of aliphatic hydroxyl groups is 1. The van der Waals surface area contributed by atoms with Crippen LogP contribution in [-0.2, 0) is 4.74 Å². The Bertz CT molecular complexity index is 718. The summed E-state index contributed by atoms with van der Waals surface area (Å²) in [5.74, 6) is 0.0796. The van der Waals surface area contributed by atoms with Crippen molar-refractivity contribution in [3.63, 3.8) is 0 Å². The first kappa shape index (κ1) is 16.9. The first-order chi connectivity index (χ1) is 11.5. The molecule has 2 heterocycles. The van der Waals surface area contributed by atoms with Gasteiger partial charge < -0.3 is 19.9 Å². The van der Waals surface area contributed by atoms with E-state index in [1.165, 1.54) is 12.1 Å². The maximum Gasteiger partial charge on any atom is 0.387 e. The molecule has 0 amide bonds. The Morgan fingerprint density at radius 3 is 2.79 bits per heavy atom. The highest BCUT2D eigenvalue weighted by Crippen LogP contribution is 2.29. The topological polar surface area (TPSA) is 63.6 Å². The SMILES string of the molecule is Cc1cc(NCC2(O)CCOCC2)c2cc(OC(F)F)ccc2n1. The zero-order valence-electron chi connectivity index (χ0n) is 13.4. The number of rotatable bonds is 5. The molecule has 130 valence electrons. The number of ether oxygens (including phenoxy) is 2. The molecule has 2 aromatic rings. The Morgan fingerprint density at radius 2 is 2.08 bits per heavy atom. The number of alkyl halides is 2. The van der Waals surface area contributed by atoms with Gasteiger partial charge in [-0.1, -0.05) is 0 Å². The number of fused-ring (bicyclic) bond motifs is 1. The highest BCUT2D eigenvalue weighted by Gasteiger charge is 2.29. The van der Waals surface area contributed by atoms with Crippen molar-refractivity contribution in [3.05, 3.63) is 30.0 Å². The fourth-order valence-electron chi connectivity index (χ4n) is 2.85. The Kier molecular flexibility index (Phi) is 4.82. The van der Waals surface area contributed by atoms with Crippen molar-refractivity contribution in [2.75, 3.05) is 25.1 Å². The van der Waals surface area contributed by atoms with Gasteiger partial charge in [0.15, 0.2) is 0 Å². The monoisotopic (exact) mass is 338 g/mol. The molecule has 3 rings (SSSR count). The maximum absolute atomic E-state index is 12.4. The molecule has 0 atom stereocenters. The second-order valence-electron chi connectivity index (χ2n) is 6.06. The van der Waals surface area contributed by atoms with Gasteiger partial charge in [0.1, 0.15) is 5.75 Å². The lowest BCUT2D eigenvalue weighted by atomic mass is 9.94. The van der Waals surface area contributed by atoms with Crippen LogP contribution in [0.3, 0.4) is 0 Å². The molecule has 1 saturated heterocycles. The summed E-state index contributed by atoms with van der Waals surface area (Å²) >= 11 is 0. The second kappa shape index (κ2) is 6.86. The minimum absolute atomic E-state index is 0.0796. The van der Waals surface area contributed by atoms with Gasteiger partial charge in [-0.15, -0.1) is 0 Å². The number of hydrogen-bond donors (Lipinski definition) is 2. The van der Waals surface area contributed by atoms with Crippen molar-refractivity contribution in [2.24, 2.45) is 0 Å². The third-order valence-corrected chi connectivity index (χ3v) is 4.16. The third-order valence-electron chi connectivity index (χ3n) is 4.16. The van der Waals surface area contributed by atoms with Gasteiger partial charge in [-0.2, -0.15) is 8.78 Å². The van der Waals surface area contributed by atoms with Gasteiger partial charge in [-0.3, -0.25) is 4.98 Å². The number of pyridine rings is 1. The van der Waals surface area contributed by atoms with Crippen LogP contribution in [0.4, 0.5) is 14.5 Å². The smallest absolute Gasteiger partial charge is 0.387 e. The normalized spacial score (nSPS) is 17.2. The van der Waals surface area contributed by atoms with Crippen LogP contribution < -0.4 is 10.1 Å². The first-order valence-electron chi connectivity index (χ1n) is 7.85. The van der Waals surface area contributed by atoms with E-state index >= 15 is 0 Å². The predicted octanol–water partition coefficient (Wildman–Crippen LogP) is 3.10.